The van der Waals surface area contributed by atoms with Crippen LogP contribution in [0, 0.1) is 17.0 Å². The van der Waals surface area contributed by atoms with Crippen LogP contribution in [0.1, 0.15) is 35.7 Å². The van der Waals surface area contributed by atoms with E-state index in [0.29, 0.717) is 0 Å². The van der Waals surface area contributed by atoms with Gasteiger partial charge in [-0.05, 0) is 25.5 Å². The SMILES string of the molecule is Cc1cc(C(C)n2nc(C(F)(F)F)nc2C(F)(F)C(F)(F)F)ccc1[N+](=O)[O-]. The lowest BCUT2D eigenvalue weighted by molar-refractivity contribution is -0.385. The third-order valence-electron chi connectivity index (χ3n) is 3.79. The molecular formula is C14H10F8N4O2. The monoisotopic (exact) mass is 418 g/mol. The smallest absolute Gasteiger partial charge is 0.258 e. The standard InChI is InChI=1S/C14H10F8N4O2/c1-6-5-8(3-4-9(6)26(27)28)7(2)25-11(12(15,16)14(20,21)22)23-10(24-25)13(17,18)19/h3-5,7H,1-2H3. The van der Waals surface area contributed by atoms with Crippen molar-refractivity contribution in [2.45, 2.75) is 38.2 Å². The molecule has 28 heavy (non-hydrogen) atoms. The van der Waals surface area contributed by atoms with Gasteiger partial charge in [-0.1, -0.05) is 6.07 Å². The Balaban J connectivity index is 2.65. The first-order valence-electron chi connectivity index (χ1n) is 7.31. The summed E-state index contributed by atoms with van der Waals surface area (Å²) in [5, 5.41) is 13.6. The van der Waals surface area contributed by atoms with E-state index in [4.69, 9.17) is 0 Å². The van der Waals surface area contributed by atoms with Crippen LogP contribution in [0.4, 0.5) is 40.8 Å². The quantitative estimate of drug-likeness (QED) is 0.407. The van der Waals surface area contributed by atoms with Crippen LogP contribution in [0.5, 0.6) is 0 Å². The zero-order valence-electron chi connectivity index (χ0n) is 13.9. The molecule has 0 amide bonds. The first-order valence-corrected chi connectivity index (χ1v) is 7.31. The maximum atomic E-state index is 13.7. The molecule has 1 atom stereocenters. The molecule has 1 heterocycles. The Bertz CT molecular complexity index is 904. The van der Waals surface area contributed by atoms with Crippen molar-refractivity contribution in [1.29, 1.82) is 0 Å². The van der Waals surface area contributed by atoms with Crippen LogP contribution in [0.15, 0.2) is 18.2 Å². The van der Waals surface area contributed by atoms with Crippen LogP contribution < -0.4 is 0 Å². The molecule has 154 valence electrons. The minimum Gasteiger partial charge on any atom is -0.258 e. The van der Waals surface area contributed by atoms with Crippen LogP contribution in [-0.2, 0) is 12.1 Å². The number of rotatable bonds is 4. The van der Waals surface area contributed by atoms with Gasteiger partial charge in [-0.25, -0.2) is 9.67 Å². The van der Waals surface area contributed by atoms with Crippen LogP contribution >= 0.6 is 0 Å². The van der Waals surface area contributed by atoms with Crippen molar-refractivity contribution in [3.63, 3.8) is 0 Å². The molecule has 0 saturated carbocycles. The number of halogens is 8. The summed E-state index contributed by atoms with van der Waals surface area (Å²) < 4.78 is 104. The fourth-order valence-corrected chi connectivity index (χ4v) is 2.34. The third-order valence-corrected chi connectivity index (χ3v) is 3.79. The zero-order valence-corrected chi connectivity index (χ0v) is 13.9. The normalized spacial score (nSPS) is 14.2. The van der Waals surface area contributed by atoms with Crippen molar-refractivity contribution in [3.8, 4) is 0 Å². The molecule has 0 spiro atoms. The van der Waals surface area contributed by atoms with Crippen LogP contribution in [0.3, 0.4) is 0 Å². The Morgan fingerprint density at radius 1 is 1.11 bits per heavy atom. The van der Waals surface area contributed by atoms with Crippen LogP contribution in [0.25, 0.3) is 0 Å². The van der Waals surface area contributed by atoms with Crippen molar-refractivity contribution >= 4 is 5.69 Å². The molecule has 6 nitrogen and oxygen atoms in total. The van der Waals surface area contributed by atoms with Gasteiger partial charge < -0.3 is 0 Å². The van der Waals surface area contributed by atoms with Gasteiger partial charge in [0.2, 0.25) is 5.82 Å². The van der Waals surface area contributed by atoms with Gasteiger partial charge in [-0.2, -0.15) is 35.1 Å². The average Bonchev–Trinajstić information content (AvgIpc) is 2.98. The highest BCUT2D eigenvalue weighted by Crippen LogP contribution is 2.45. The van der Waals surface area contributed by atoms with Crippen molar-refractivity contribution in [1.82, 2.24) is 14.8 Å². The van der Waals surface area contributed by atoms with E-state index in [2.05, 4.69) is 10.1 Å². The Morgan fingerprint density at radius 2 is 1.68 bits per heavy atom. The van der Waals surface area contributed by atoms with Crippen molar-refractivity contribution in [2.24, 2.45) is 0 Å². The third kappa shape index (κ3) is 3.75. The van der Waals surface area contributed by atoms with Crippen LogP contribution in [-0.4, -0.2) is 25.9 Å². The summed E-state index contributed by atoms with van der Waals surface area (Å²) in [5.74, 6) is -10.1. The molecule has 0 saturated heterocycles. The van der Waals surface area contributed by atoms with Crippen molar-refractivity contribution in [2.75, 3.05) is 0 Å². The molecule has 14 heteroatoms. The lowest BCUT2D eigenvalue weighted by Crippen LogP contribution is -2.37. The summed E-state index contributed by atoms with van der Waals surface area (Å²) in [5.41, 5.74) is -0.429. The number of alkyl halides is 8. The summed E-state index contributed by atoms with van der Waals surface area (Å²) in [6.07, 6.45) is -11.6. The topological polar surface area (TPSA) is 73.8 Å². The maximum absolute atomic E-state index is 13.7. The lowest BCUT2D eigenvalue weighted by Gasteiger charge is -2.22. The second kappa shape index (κ2) is 6.67. The van der Waals surface area contributed by atoms with E-state index in [9.17, 15) is 45.2 Å². The summed E-state index contributed by atoms with van der Waals surface area (Å²) in [7, 11) is 0. The Hall–Kier alpha value is -2.80. The van der Waals surface area contributed by atoms with Gasteiger partial charge in [0, 0.05) is 11.6 Å². The summed E-state index contributed by atoms with van der Waals surface area (Å²) >= 11 is 0. The number of aromatic nitrogens is 3. The second-order valence-electron chi connectivity index (χ2n) is 5.75. The van der Waals surface area contributed by atoms with E-state index in [1.54, 1.807) is 0 Å². The number of nitrogens with zero attached hydrogens (tertiary/aromatic N) is 4. The highest BCUT2D eigenvalue weighted by molar-refractivity contribution is 5.42. The largest absolute Gasteiger partial charge is 0.461 e. The van der Waals surface area contributed by atoms with Gasteiger partial charge in [0.05, 0.1) is 11.0 Å². The fraction of sp³-hybridized carbons (Fsp3) is 0.429. The molecule has 0 aliphatic carbocycles. The van der Waals surface area contributed by atoms with Crippen molar-refractivity contribution < 1.29 is 40.0 Å². The van der Waals surface area contributed by atoms with E-state index in [-0.39, 0.29) is 21.5 Å². The first-order chi connectivity index (χ1) is 12.6. The fourth-order valence-electron chi connectivity index (χ4n) is 2.34. The maximum Gasteiger partial charge on any atom is 0.461 e. The van der Waals surface area contributed by atoms with E-state index in [0.717, 1.165) is 25.1 Å². The van der Waals surface area contributed by atoms with Crippen molar-refractivity contribution in [3.05, 3.63) is 51.1 Å². The average molecular weight is 418 g/mol. The van der Waals surface area contributed by atoms with Crippen LogP contribution in [0.2, 0.25) is 0 Å². The number of nitro groups is 1. The Labute approximate surface area is 150 Å². The molecular weight excluding hydrogens is 408 g/mol. The zero-order chi connectivity index (χ0) is 21.7. The molecule has 2 aromatic rings. The first kappa shape index (κ1) is 21.5. The highest BCUT2D eigenvalue weighted by Gasteiger charge is 2.63. The minimum atomic E-state index is -6.22. The Morgan fingerprint density at radius 3 is 2.11 bits per heavy atom. The number of aryl methyl sites for hydroxylation is 1. The molecule has 0 fully saturated rings. The van der Waals surface area contributed by atoms with Gasteiger partial charge in [0.1, 0.15) is 0 Å². The van der Waals surface area contributed by atoms with E-state index >= 15 is 0 Å². The molecule has 0 radical (unpaired) electrons. The van der Waals surface area contributed by atoms with Gasteiger partial charge >= 0.3 is 18.3 Å². The number of benzene rings is 1. The predicted molar refractivity (Wildman–Crippen MR) is 76.6 cm³/mol. The van der Waals surface area contributed by atoms with E-state index in [1.807, 2.05) is 0 Å². The molecule has 0 aliphatic heterocycles. The Kier molecular flexibility index (Phi) is 5.12. The van der Waals surface area contributed by atoms with Gasteiger partial charge in [-0.3, -0.25) is 10.1 Å². The minimum absolute atomic E-state index is 0.0228. The lowest BCUT2D eigenvalue weighted by atomic mass is 10.0. The highest BCUT2D eigenvalue weighted by atomic mass is 19.4. The molecule has 2 rings (SSSR count). The molecule has 1 aromatic carbocycles. The summed E-state index contributed by atoms with van der Waals surface area (Å²) in [6, 6.07) is 1.48. The number of hydrogen-bond donors (Lipinski definition) is 0. The van der Waals surface area contributed by atoms with Gasteiger partial charge in [0.15, 0.2) is 0 Å². The molecule has 1 unspecified atom stereocenters. The number of nitro benzene ring substituents is 1. The molecule has 0 bridgehead atoms. The molecule has 0 aliphatic rings. The van der Waals surface area contributed by atoms with Gasteiger partial charge in [0.25, 0.3) is 11.5 Å². The second-order valence-corrected chi connectivity index (χ2v) is 5.75. The van der Waals surface area contributed by atoms with E-state index in [1.165, 1.54) is 6.92 Å². The summed E-state index contributed by atoms with van der Waals surface area (Å²) in [6.45, 7) is 2.27. The molecule has 0 N–H and O–H groups in total. The van der Waals surface area contributed by atoms with Gasteiger partial charge in [-0.15, -0.1) is 5.10 Å². The number of hydrogen-bond acceptors (Lipinski definition) is 4. The van der Waals surface area contributed by atoms with E-state index < -0.39 is 40.9 Å². The molecule has 1 aromatic heterocycles. The predicted octanol–water partition coefficient (Wildman–Crippen LogP) is 4.78. The summed E-state index contributed by atoms with van der Waals surface area (Å²) in [4.78, 5) is 12.4.